The van der Waals surface area contributed by atoms with Gasteiger partial charge in [0.2, 0.25) is 0 Å². The molecule has 1 aromatic carbocycles. The summed E-state index contributed by atoms with van der Waals surface area (Å²) in [6.45, 7) is 5.38. The van der Waals surface area contributed by atoms with E-state index in [0.717, 1.165) is 6.26 Å². The number of aliphatic carboxylic acids is 1. The molecule has 0 aliphatic rings. The molecule has 1 unspecified atom stereocenters. The maximum atomic E-state index is 11.4. The Bertz CT molecular complexity index is 577. The zero-order valence-electron chi connectivity index (χ0n) is 10.9. The third kappa shape index (κ3) is 3.42. The van der Waals surface area contributed by atoms with Crippen molar-refractivity contribution in [3.8, 4) is 0 Å². The highest BCUT2D eigenvalue weighted by molar-refractivity contribution is 7.90. The van der Waals surface area contributed by atoms with E-state index in [9.17, 15) is 18.3 Å². The summed E-state index contributed by atoms with van der Waals surface area (Å²) >= 11 is 0. The fourth-order valence-corrected chi connectivity index (χ4v) is 2.24. The molecular formula is C13H17NO4S. The van der Waals surface area contributed by atoms with Gasteiger partial charge in [-0.1, -0.05) is 18.2 Å². The summed E-state index contributed by atoms with van der Waals surface area (Å²) in [7, 11) is -3.29. The molecule has 1 atom stereocenters. The highest BCUT2D eigenvalue weighted by Gasteiger charge is 2.34. The number of hydrogen-bond donors (Lipinski definition) is 2. The minimum Gasteiger partial charge on any atom is -0.480 e. The predicted octanol–water partition coefficient (Wildman–Crippen LogP) is 1.17. The lowest BCUT2D eigenvalue weighted by atomic mass is 9.92. The van der Waals surface area contributed by atoms with Crippen LogP contribution in [-0.2, 0) is 20.2 Å². The van der Waals surface area contributed by atoms with Crippen LogP contribution in [0.5, 0.6) is 0 Å². The van der Waals surface area contributed by atoms with Crippen LogP contribution in [0.1, 0.15) is 12.5 Å². The molecule has 5 nitrogen and oxygen atoms in total. The molecule has 0 aliphatic carbocycles. The lowest BCUT2D eigenvalue weighted by molar-refractivity contribution is -0.144. The van der Waals surface area contributed by atoms with Gasteiger partial charge < -0.3 is 5.11 Å². The van der Waals surface area contributed by atoms with E-state index in [-0.39, 0.29) is 4.90 Å². The van der Waals surface area contributed by atoms with E-state index in [1.165, 1.54) is 31.2 Å². The fourth-order valence-electron chi connectivity index (χ4n) is 1.61. The lowest BCUT2D eigenvalue weighted by Crippen LogP contribution is -2.46. The molecule has 0 fully saturated rings. The monoisotopic (exact) mass is 283 g/mol. The molecule has 0 saturated carbocycles. The van der Waals surface area contributed by atoms with Crippen molar-refractivity contribution >= 4 is 15.8 Å². The van der Waals surface area contributed by atoms with Gasteiger partial charge in [-0.15, -0.1) is 6.58 Å². The number of carboxylic acid groups (broad SMARTS) is 1. The first-order valence-electron chi connectivity index (χ1n) is 5.61. The van der Waals surface area contributed by atoms with Gasteiger partial charge in [-0.3, -0.25) is 5.32 Å². The molecular weight excluding hydrogens is 266 g/mol. The van der Waals surface area contributed by atoms with Gasteiger partial charge in [0.1, 0.15) is 5.54 Å². The van der Waals surface area contributed by atoms with Crippen molar-refractivity contribution in [1.82, 2.24) is 5.32 Å². The SMILES string of the molecule is C=CCNC(C)(C(=O)O)c1ccc(S(C)(=O)=O)cc1. The molecule has 0 spiro atoms. The molecule has 19 heavy (non-hydrogen) atoms. The van der Waals surface area contributed by atoms with Gasteiger partial charge in [0.05, 0.1) is 4.90 Å². The minimum atomic E-state index is -3.29. The molecule has 1 rings (SSSR count). The lowest BCUT2D eigenvalue weighted by Gasteiger charge is -2.26. The van der Waals surface area contributed by atoms with Crippen molar-refractivity contribution in [3.63, 3.8) is 0 Å². The smallest absolute Gasteiger partial charge is 0.328 e. The first-order valence-corrected chi connectivity index (χ1v) is 7.51. The van der Waals surface area contributed by atoms with E-state index in [4.69, 9.17) is 0 Å². The zero-order chi connectivity index (χ0) is 14.7. The molecule has 0 radical (unpaired) electrons. The fraction of sp³-hybridized carbons (Fsp3) is 0.308. The largest absolute Gasteiger partial charge is 0.480 e. The predicted molar refractivity (Wildman–Crippen MR) is 72.7 cm³/mol. The second kappa shape index (κ2) is 5.54. The molecule has 0 saturated heterocycles. The summed E-state index contributed by atoms with van der Waals surface area (Å²) in [5.41, 5.74) is -0.807. The van der Waals surface area contributed by atoms with Crippen molar-refractivity contribution < 1.29 is 18.3 Å². The average molecular weight is 283 g/mol. The Kier molecular flexibility index (Phi) is 4.49. The summed E-state index contributed by atoms with van der Waals surface area (Å²) in [4.78, 5) is 11.6. The van der Waals surface area contributed by atoms with Crippen LogP contribution in [0.25, 0.3) is 0 Å². The zero-order valence-corrected chi connectivity index (χ0v) is 11.7. The topological polar surface area (TPSA) is 83.5 Å². The van der Waals surface area contributed by atoms with Gasteiger partial charge in [-0.25, -0.2) is 13.2 Å². The maximum Gasteiger partial charge on any atom is 0.328 e. The van der Waals surface area contributed by atoms with Gasteiger partial charge in [0.25, 0.3) is 0 Å². The summed E-state index contributed by atoms with van der Waals surface area (Å²) in [5, 5.41) is 12.2. The second-order valence-corrected chi connectivity index (χ2v) is 6.41. The second-order valence-electron chi connectivity index (χ2n) is 4.40. The molecule has 0 bridgehead atoms. The van der Waals surface area contributed by atoms with E-state index in [2.05, 4.69) is 11.9 Å². The van der Waals surface area contributed by atoms with Crippen molar-refractivity contribution in [2.24, 2.45) is 0 Å². The Morgan fingerprint density at radius 1 is 1.42 bits per heavy atom. The molecule has 1 aromatic rings. The first-order chi connectivity index (χ1) is 8.71. The third-order valence-electron chi connectivity index (χ3n) is 2.89. The molecule has 104 valence electrons. The quantitative estimate of drug-likeness (QED) is 0.766. The normalized spacial score (nSPS) is 14.6. The standard InChI is InChI=1S/C13H17NO4S/c1-4-9-14-13(2,12(15)16)10-5-7-11(8-6-10)19(3,17)18/h4-8,14H,1,9H2,2-3H3,(H,15,16). The first kappa shape index (κ1) is 15.4. The van der Waals surface area contributed by atoms with E-state index >= 15 is 0 Å². The van der Waals surface area contributed by atoms with Crippen molar-refractivity contribution in [1.29, 1.82) is 0 Å². The highest BCUT2D eigenvalue weighted by atomic mass is 32.2. The molecule has 0 aromatic heterocycles. The Hall–Kier alpha value is -1.66. The number of carboxylic acids is 1. The molecule has 0 aliphatic heterocycles. The van der Waals surface area contributed by atoms with Crippen LogP contribution in [0.15, 0.2) is 41.8 Å². The Morgan fingerprint density at radius 3 is 2.32 bits per heavy atom. The number of sulfone groups is 1. The van der Waals surface area contributed by atoms with Crippen molar-refractivity contribution in [3.05, 3.63) is 42.5 Å². The van der Waals surface area contributed by atoms with Gasteiger partial charge in [0, 0.05) is 12.8 Å². The van der Waals surface area contributed by atoms with Gasteiger partial charge in [-0.05, 0) is 24.6 Å². The number of benzene rings is 1. The minimum absolute atomic E-state index is 0.160. The van der Waals surface area contributed by atoms with Crippen molar-refractivity contribution in [2.45, 2.75) is 17.4 Å². The van der Waals surface area contributed by atoms with Crippen LogP contribution in [0.2, 0.25) is 0 Å². The highest BCUT2D eigenvalue weighted by Crippen LogP contribution is 2.22. The van der Waals surface area contributed by atoms with E-state index in [1.807, 2.05) is 0 Å². The molecule has 2 N–H and O–H groups in total. The number of nitrogens with one attached hydrogen (secondary N) is 1. The van der Waals surface area contributed by atoms with Gasteiger partial charge in [-0.2, -0.15) is 0 Å². The number of carbonyl (C=O) groups is 1. The summed E-state index contributed by atoms with van der Waals surface area (Å²) in [6.07, 6.45) is 2.67. The molecule has 0 heterocycles. The van der Waals surface area contributed by atoms with E-state index in [1.54, 1.807) is 6.08 Å². The summed E-state index contributed by atoms with van der Waals surface area (Å²) in [6, 6.07) is 5.81. The Morgan fingerprint density at radius 2 is 1.95 bits per heavy atom. The van der Waals surface area contributed by atoms with Crippen LogP contribution in [0, 0.1) is 0 Å². The van der Waals surface area contributed by atoms with Crippen LogP contribution in [0.4, 0.5) is 0 Å². The van der Waals surface area contributed by atoms with Crippen LogP contribution >= 0.6 is 0 Å². The molecule has 0 amide bonds. The van der Waals surface area contributed by atoms with Crippen LogP contribution < -0.4 is 5.32 Å². The third-order valence-corrected chi connectivity index (χ3v) is 4.02. The Labute approximate surface area is 112 Å². The van der Waals surface area contributed by atoms with Gasteiger partial charge in [0.15, 0.2) is 9.84 Å². The van der Waals surface area contributed by atoms with E-state index < -0.39 is 21.3 Å². The summed E-state index contributed by atoms with van der Waals surface area (Å²) in [5.74, 6) is -1.04. The van der Waals surface area contributed by atoms with Crippen LogP contribution in [-0.4, -0.2) is 32.3 Å². The molecule has 6 heteroatoms. The Balaban J connectivity index is 3.18. The van der Waals surface area contributed by atoms with Crippen molar-refractivity contribution in [2.75, 3.05) is 12.8 Å². The average Bonchev–Trinajstić information content (AvgIpc) is 2.34. The van der Waals surface area contributed by atoms with Crippen LogP contribution in [0.3, 0.4) is 0 Å². The summed E-state index contributed by atoms with van der Waals surface area (Å²) < 4.78 is 22.7. The number of hydrogen-bond acceptors (Lipinski definition) is 4. The number of rotatable bonds is 6. The maximum absolute atomic E-state index is 11.4. The van der Waals surface area contributed by atoms with Gasteiger partial charge >= 0.3 is 5.97 Å². The van der Waals surface area contributed by atoms with E-state index in [0.29, 0.717) is 12.1 Å².